The van der Waals surface area contributed by atoms with E-state index in [0.29, 0.717) is 6.54 Å². The molecule has 1 aliphatic heterocycles. The largest absolute Gasteiger partial charge is 0.446 e. The van der Waals surface area contributed by atoms with Gasteiger partial charge in [-0.05, 0) is 48.6 Å². The van der Waals surface area contributed by atoms with Gasteiger partial charge in [-0.3, -0.25) is 10.1 Å². The number of benzene rings is 3. The van der Waals surface area contributed by atoms with Crippen molar-refractivity contribution in [3.63, 3.8) is 0 Å². The zero-order chi connectivity index (χ0) is 25.3. The second-order valence-corrected chi connectivity index (χ2v) is 9.26. The normalized spacial score (nSPS) is 14.3. The van der Waals surface area contributed by atoms with Gasteiger partial charge in [-0.1, -0.05) is 67.6 Å². The molecule has 4 rings (SSSR count). The molecule has 36 heavy (non-hydrogen) atoms. The summed E-state index contributed by atoms with van der Waals surface area (Å²) in [6.07, 6.45) is 2.00. The van der Waals surface area contributed by atoms with Crippen LogP contribution in [0.25, 0.3) is 11.1 Å². The van der Waals surface area contributed by atoms with E-state index in [2.05, 4.69) is 17.1 Å². The molecule has 3 aromatic carbocycles. The summed E-state index contributed by atoms with van der Waals surface area (Å²) >= 11 is 0. The molecule has 1 saturated heterocycles. The van der Waals surface area contributed by atoms with E-state index in [1.807, 2.05) is 85.9 Å². The lowest BCUT2D eigenvalue weighted by molar-refractivity contribution is 0.0540. The molecule has 0 saturated carbocycles. The maximum Gasteiger partial charge on any atom is 0.411 e. The average Bonchev–Trinajstić information content (AvgIpc) is 2.93. The number of carbonyl (C=O) groups excluding carboxylic acids is 2. The summed E-state index contributed by atoms with van der Waals surface area (Å²) in [4.78, 5) is 29.4. The van der Waals surface area contributed by atoms with Crippen LogP contribution in [0.4, 0.5) is 10.5 Å². The van der Waals surface area contributed by atoms with Gasteiger partial charge in [0.1, 0.15) is 6.10 Å². The number of likely N-dealkylation sites (tertiary alicyclic amines) is 1. The first kappa shape index (κ1) is 25.5. The molecule has 1 heterocycles. The van der Waals surface area contributed by atoms with Gasteiger partial charge in [-0.15, -0.1) is 0 Å². The maximum absolute atomic E-state index is 12.7. The predicted molar refractivity (Wildman–Crippen MR) is 144 cm³/mol. The molecule has 0 atom stereocenters. The zero-order valence-electron chi connectivity index (χ0n) is 21.2. The van der Waals surface area contributed by atoms with E-state index in [1.165, 1.54) is 5.56 Å². The molecular weight excluding hydrogens is 450 g/mol. The van der Waals surface area contributed by atoms with Gasteiger partial charge in [0.15, 0.2) is 0 Å². The molecule has 0 aromatic heterocycles. The standard InChI is InChI=1S/C30H35N3O3/c1-3-23-13-15-25(16-14-23)29(34)32(2)21-22-33-19-17-26(18-20-33)36-30(35)31-28-12-8-7-11-27(28)24-9-5-4-6-10-24/h4-16,26H,3,17-22H2,1-2H3,(H,31,35). The molecule has 188 valence electrons. The minimum absolute atomic E-state index is 0.0447. The Balaban J connectivity index is 1.21. The Labute approximate surface area is 213 Å². The SMILES string of the molecule is CCc1ccc(C(=O)N(C)CCN2CCC(OC(=O)Nc3ccccc3-c3ccccc3)CC2)cc1. The zero-order valence-corrected chi connectivity index (χ0v) is 21.2. The molecule has 1 fully saturated rings. The lowest BCUT2D eigenvalue weighted by Gasteiger charge is -2.32. The number of carbonyl (C=O) groups is 2. The van der Waals surface area contributed by atoms with Crippen LogP contribution in [0.2, 0.25) is 0 Å². The summed E-state index contributed by atoms with van der Waals surface area (Å²) in [6, 6.07) is 25.6. The number of rotatable bonds is 8. The van der Waals surface area contributed by atoms with Crippen LogP contribution in [0.5, 0.6) is 0 Å². The predicted octanol–water partition coefficient (Wildman–Crippen LogP) is 5.70. The molecule has 1 aliphatic rings. The molecule has 6 heteroatoms. The Morgan fingerprint density at radius 1 is 0.944 bits per heavy atom. The Kier molecular flexibility index (Phi) is 8.74. The second-order valence-electron chi connectivity index (χ2n) is 9.26. The van der Waals surface area contributed by atoms with Gasteiger partial charge in [0.25, 0.3) is 5.91 Å². The van der Waals surface area contributed by atoms with Gasteiger partial charge >= 0.3 is 6.09 Å². The summed E-state index contributed by atoms with van der Waals surface area (Å²) in [5.41, 5.74) is 4.70. The Morgan fingerprint density at radius 2 is 1.61 bits per heavy atom. The number of anilines is 1. The van der Waals surface area contributed by atoms with E-state index in [9.17, 15) is 9.59 Å². The van der Waals surface area contributed by atoms with Crippen molar-refractivity contribution in [2.45, 2.75) is 32.3 Å². The van der Waals surface area contributed by atoms with Crippen LogP contribution >= 0.6 is 0 Å². The summed E-state index contributed by atoms with van der Waals surface area (Å²) < 4.78 is 5.73. The fourth-order valence-corrected chi connectivity index (χ4v) is 4.50. The summed E-state index contributed by atoms with van der Waals surface area (Å²) in [6.45, 7) is 5.25. The third kappa shape index (κ3) is 6.73. The number of nitrogens with one attached hydrogen (secondary N) is 1. The number of piperidine rings is 1. The highest BCUT2D eigenvalue weighted by Crippen LogP contribution is 2.28. The van der Waals surface area contributed by atoms with Crippen molar-refractivity contribution >= 4 is 17.7 Å². The van der Waals surface area contributed by atoms with Crippen LogP contribution in [0, 0.1) is 0 Å². The molecule has 3 aromatic rings. The Hall–Kier alpha value is -3.64. The van der Waals surface area contributed by atoms with Gasteiger partial charge in [0, 0.05) is 44.4 Å². The first-order valence-corrected chi connectivity index (χ1v) is 12.7. The van der Waals surface area contributed by atoms with Crippen molar-refractivity contribution in [3.05, 3.63) is 90.0 Å². The first-order valence-electron chi connectivity index (χ1n) is 12.7. The van der Waals surface area contributed by atoms with E-state index in [-0.39, 0.29) is 12.0 Å². The van der Waals surface area contributed by atoms with Crippen molar-refractivity contribution in [1.29, 1.82) is 0 Å². The van der Waals surface area contributed by atoms with Gasteiger partial charge in [-0.25, -0.2) is 4.79 Å². The maximum atomic E-state index is 12.7. The summed E-state index contributed by atoms with van der Waals surface area (Å²) in [7, 11) is 1.85. The summed E-state index contributed by atoms with van der Waals surface area (Å²) in [5, 5.41) is 2.92. The van der Waals surface area contributed by atoms with Crippen LogP contribution in [-0.4, -0.2) is 61.1 Å². The molecule has 0 bridgehead atoms. The number of para-hydroxylation sites is 1. The number of amides is 2. The van der Waals surface area contributed by atoms with Crippen LogP contribution in [0.15, 0.2) is 78.9 Å². The van der Waals surface area contributed by atoms with Crippen molar-refractivity contribution < 1.29 is 14.3 Å². The van der Waals surface area contributed by atoms with Gasteiger partial charge in [0.05, 0.1) is 5.69 Å². The lowest BCUT2D eigenvalue weighted by Crippen LogP contribution is -2.42. The third-order valence-corrected chi connectivity index (χ3v) is 6.76. The number of likely N-dealkylation sites (N-methyl/N-ethyl adjacent to an activating group) is 1. The number of aryl methyl sites for hydroxylation is 1. The van der Waals surface area contributed by atoms with Crippen molar-refractivity contribution in [2.75, 3.05) is 38.5 Å². The molecule has 0 radical (unpaired) electrons. The minimum Gasteiger partial charge on any atom is -0.446 e. The van der Waals surface area contributed by atoms with Crippen molar-refractivity contribution in [1.82, 2.24) is 9.80 Å². The van der Waals surface area contributed by atoms with Crippen LogP contribution in [-0.2, 0) is 11.2 Å². The third-order valence-electron chi connectivity index (χ3n) is 6.76. The van der Waals surface area contributed by atoms with E-state index in [0.717, 1.165) is 61.3 Å². The fraction of sp³-hybridized carbons (Fsp3) is 0.333. The van der Waals surface area contributed by atoms with E-state index in [1.54, 1.807) is 4.90 Å². The highest BCUT2D eigenvalue weighted by atomic mass is 16.6. The topological polar surface area (TPSA) is 61.9 Å². The van der Waals surface area contributed by atoms with Gasteiger partial charge in [0.2, 0.25) is 0 Å². The minimum atomic E-state index is -0.420. The monoisotopic (exact) mass is 485 g/mol. The van der Waals surface area contributed by atoms with Crippen molar-refractivity contribution in [3.8, 4) is 11.1 Å². The molecule has 1 N–H and O–H groups in total. The second kappa shape index (κ2) is 12.4. The Bertz CT molecular complexity index is 1140. The first-order chi connectivity index (χ1) is 17.5. The smallest absolute Gasteiger partial charge is 0.411 e. The molecule has 2 amide bonds. The molecule has 6 nitrogen and oxygen atoms in total. The average molecular weight is 486 g/mol. The van der Waals surface area contributed by atoms with Crippen LogP contribution in [0.3, 0.4) is 0 Å². The van der Waals surface area contributed by atoms with E-state index >= 15 is 0 Å². The number of hydrogen-bond donors (Lipinski definition) is 1. The van der Waals surface area contributed by atoms with E-state index in [4.69, 9.17) is 4.74 Å². The van der Waals surface area contributed by atoms with E-state index < -0.39 is 6.09 Å². The number of ether oxygens (including phenoxy) is 1. The molecule has 0 unspecified atom stereocenters. The Morgan fingerprint density at radius 3 is 2.31 bits per heavy atom. The molecule has 0 aliphatic carbocycles. The highest BCUT2D eigenvalue weighted by molar-refractivity contribution is 5.94. The van der Waals surface area contributed by atoms with Gasteiger partial charge in [-0.2, -0.15) is 0 Å². The van der Waals surface area contributed by atoms with Crippen LogP contribution in [0.1, 0.15) is 35.7 Å². The number of hydrogen-bond acceptors (Lipinski definition) is 4. The molecular formula is C30H35N3O3. The molecule has 0 spiro atoms. The number of nitrogens with zero attached hydrogens (tertiary/aromatic N) is 2. The van der Waals surface area contributed by atoms with Crippen LogP contribution < -0.4 is 5.32 Å². The fourth-order valence-electron chi connectivity index (χ4n) is 4.50. The van der Waals surface area contributed by atoms with Gasteiger partial charge < -0.3 is 14.5 Å². The highest BCUT2D eigenvalue weighted by Gasteiger charge is 2.23. The quantitative estimate of drug-likeness (QED) is 0.445. The lowest BCUT2D eigenvalue weighted by atomic mass is 10.0. The van der Waals surface area contributed by atoms with Crippen molar-refractivity contribution in [2.24, 2.45) is 0 Å². The summed E-state index contributed by atoms with van der Waals surface area (Å²) in [5.74, 6) is 0.0447.